The molecule has 196 valence electrons. The third-order valence-corrected chi connectivity index (χ3v) is 5.49. The number of carboxylic acid groups (broad SMARTS) is 1. The minimum atomic E-state index is -1.56. The van der Waals surface area contributed by atoms with Gasteiger partial charge in [-0.2, -0.15) is 0 Å². The highest BCUT2D eigenvalue weighted by molar-refractivity contribution is 5.96. The molecule has 0 spiro atoms. The van der Waals surface area contributed by atoms with E-state index in [0.29, 0.717) is 5.69 Å². The molecule has 0 radical (unpaired) electrons. The molecule has 1 aliphatic heterocycles. The molecule has 0 unspecified atom stereocenters. The van der Waals surface area contributed by atoms with Crippen LogP contribution >= 0.6 is 0 Å². The van der Waals surface area contributed by atoms with Gasteiger partial charge in [-0.25, -0.2) is 24.5 Å². The Morgan fingerprint density at radius 3 is 2.62 bits per heavy atom. The SMILES string of the molecule is CC(C)(C)OC(=O)c1ccccc1NCC(=O)N[C@H]1[C@@H](O)[C@H](n2cnc3c(N)ncnc32)O[C@@H]1C(=O)O. The summed E-state index contributed by atoms with van der Waals surface area (Å²) in [5.41, 5.74) is 6.15. The smallest absolute Gasteiger partial charge is 0.340 e. The molecule has 14 heteroatoms. The third-order valence-electron chi connectivity index (χ3n) is 5.49. The number of carboxylic acids is 1. The van der Waals surface area contributed by atoms with Crippen LogP contribution in [0, 0.1) is 0 Å². The highest BCUT2D eigenvalue weighted by atomic mass is 16.6. The maximum Gasteiger partial charge on any atom is 0.340 e. The van der Waals surface area contributed by atoms with Crippen molar-refractivity contribution in [3.05, 3.63) is 42.5 Å². The number of amides is 1. The number of aliphatic hydroxyl groups excluding tert-OH is 1. The van der Waals surface area contributed by atoms with Gasteiger partial charge in [0.05, 0.1) is 24.5 Å². The fourth-order valence-electron chi connectivity index (χ4n) is 3.89. The number of nitrogens with one attached hydrogen (secondary N) is 2. The molecule has 0 aliphatic carbocycles. The molecule has 1 saturated heterocycles. The van der Waals surface area contributed by atoms with Crippen molar-refractivity contribution < 1.29 is 34.1 Å². The van der Waals surface area contributed by atoms with Crippen LogP contribution < -0.4 is 16.4 Å². The lowest BCUT2D eigenvalue weighted by atomic mass is 10.1. The fraction of sp³-hybridized carbons (Fsp3) is 0.391. The Morgan fingerprint density at radius 2 is 1.92 bits per heavy atom. The maximum absolute atomic E-state index is 12.7. The minimum absolute atomic E-state index is 0.105. The monoisotopic (exact) mass is 513 g/mol. The molecular formula is C23H27N7O7. The van der Waals surface area contributed by atoms with Gasteiger partial charge >= 0.3 is 11.9 Å². The second-order valence-electron chi connectivity index (χ2n) is 9.35. The number of aliphatic carboxylic acids is 1. The molecule has 0 bridgehead atoms. The molecule has 3 heterocycles. The summed E-state index contributed by atoms with van der Waals surface area (Å²) in [5, 5.41) is 25.9. The van der Waals surface area contributed by atoms with Gasteiger partial charge in [0, 0.05) is 5.69 Å². The number of fused-ring (bicyclic) bond motifs is 1. The number of hydrogen-bond acceptors (Lipinski definition) is 11. The van der Waals surface area contributed by atoms with Gasteiger partial charge in [0.15, 0.2) is 23.8 Å². The normalized spacial score (nSPS) is 21.5. The predicted octanol–water partition coefficient (Wildman–Crippen LogP) is 0.304. The number of carbonyl (C=O) groups excluding carboxylic acids is 2. The Bertz CT molecular complexity index is 1340. The zero-order chi connectivity index (χ0) is 26.9. The predicted molar refractivity (Wildman–Crippen MR) is 129 cm³/mol. The first-order valence-corrected chi connectivity index (χ1v) is 11.3. The van der Waals surface area contributed by atoms with Crippen molar-refractivity contribution in [3.8, 4) is 0 Å². The molecular weight excluding hydrogens is 486 g/mol. The van der Waals surface area contributed by atoms with Crippen LogP contribution in [0.5, 0.6) is 0 Å². The highest BCUT2D eigenvalue weighted by Crippen LogP contribution is 2.32. The van der Waals surface area contributed by atoms with E-state index in [-0.39, 0.29) is 29.1 Å². The Balaban J connectivity index is 1.47. The number of nitrogens with two attached hydrogens (primary N) is 1. The number of carbonyl (C=O) groups is 3. The Labute approximate surface area is 210 Å². The van der Waals surface area contributed by atoms with Crippen molar-refractivity contribution in [3.63, 3.8) is 0 Å². The van der Waals surface area contributed by atoms with E-state index in [1.807, 2.05) is 0 Å². The van der Waals surface area contributed by atoms with E-state index < -0.39 is 47.9 Å². The van der Waals surface area contributed by atoms with E-state index in [1.54, 1.807) is 45.0 Å². The van der Waals surface area contributed by atoms with Crippen LogP contribution in [0.15, 0.2) is 36.9 Å². The number of rotatable bonds is 7. The molecule has 6 N–H and O–H groups in total. The fourth-order valence-corrected chi connectivity index (χ4v) is 3.89. The zero-order valence-electron chi connectivity index (χ0n) is 20.3. The lowest BCUT2D eigenvalue weighted by Crippen LogP contribution is -2.51. The van der Waals surface area contributed by atoms with Gasteiger partial charge in [0.2, 0.25) is 5.91 Å². The van der Waals surface area contributed by atoms with Gasteiger partial charge in [-0.3, -0.25) is 9.36 Å². The molecule has 2 aromatic heterocycles. The number of imidazole rings is 1. The van der Waals surface area contributed by atoms with Gasteiger partial charge in [-0.15, -0.1) is 0 Å². The molecule has 1 aromatic carbocycles. The molecule has 14 nitrogen and oxygen atoms in total. The van der Waals surface area contributed by atoms with Gasteiger partial charge < -0.3 is 36.1 Å². The summed E-state index contributed by atoms with van der Waals surface area (Å²) < 4.78 is 12.3. The third kappa shape index (κ3) is 5.44. The van der Waals surface area contributed by atoms with Crippen LogP contribution in [0.2, 0.25) is 0 Å². The van der Waals surface area contributed by atoms with Crippen LogP contribution in [0.4, 0.5) is 11.5 Å². The second kappa shape index (κ2) is 9.99. The number of hydrogen-bond donors (Lipinski definition) is 5. The quantitative estimate of drug-likeness (QED) is 0.271. The number of ether oxygens (including phenoxy) is 2. The van der Waals surface area contributed by atoms with Crippen LogP contribution in [0.1, 0.15) is 37.4 Å². The first-order chi connectivity index (χ1) is 17.5. The molecule has 0 saturated carbocycles. The Hall–Kier alpha value is -4.30. The van der Waals surface area contributed by atoms with Crippen LogP contribution in [0.25, 0.3) is 11.2 Å². The topological polar surface area (TPSA) is 204 Å². The molecule has 1 fully saturated rings. The summed E-state index contributed by atoms with van der Waals surface area (Å²) in [4.78, 5) is 49.2. The van der Waals surface area contributed by atoms with E-state index in [0.717, 1.165) is 0 Å². The van der Waals surface area contributed by atoms with Crippen molar-refractivity contribution >= 4 is 40.5 Å². The van der Waals surface area contributed by atoms with E-state index >= 15 is 0 Å². The minimum Gasteiger partial charge on any atom is -0.479 e. The van der Waals surface area contributed by atoms with Crippen molar-refractivity contribution in [1.82, 2.24) is 24.8 Å². The number of aliphatic hydroxyl groups is 1. The van der Waals surface area contributed by atoms with Crippen molar-refractivity contribution in [1.29, 1.82) is 0 Å². The van der Waals surface area contributed by atoms with Gasteiger partial charge in [0.1, 0.15) is 23.5 Å². The Morgan fingerprint density at radius 1 is 1.19 bits per heavy atom. The summed E-state index contributed by atoms with van der Waals surface area (Å²) in [6, 6.07) is 5.20. The average Bonchev–Trinajstić information content (AvgIpc) is 3.39. The van der Waals surface area contributed by atoms with Crippen molar-refractivity contribution in [2.75, 3.05) is 17.6 Å². The molecule has 4 atom stereocenters. The van der Waals surface area contributed by atoms with Gasteiger partial charge in [-0.1, -0.05) is 12.1 Å². The highest BCUT2D eigenvalue weighted by Gasteiger charge is 2.49. The summed E-state index contributed by atoms with van der Waals surface area (Å²) in [6.45, 7) is 4.90. The maximum atomic E-state index is 12.7. The van der Waals surface area contributed by atoms with E-state index in [4.69, 9.17) is 15.2 Å². The molecule has 1 aliphatic rings. The number of aromatic nitrogens is 4. The zero-order valence-corrected chi connectivity index (χ0v) is 20.3. The number of esters is 1. The summed E-state index contributed by atoms with van der Waals surface area (Å²) >= 11 is 0. The van der Waals surface area contributed by atoms with Gasteiger partial charge in [0.25, 0.3) is 0 Å². The standard InChI is InChI=1S/C23H27N7O7/c1-23(2,3)37-22(35)11-6-4-5-7-12(11)25-8-13(31)29-14-16(32)20(36-17(14)21(33)34)30-10-28-15-18(24)26-9-27-19(15)30/h4-7,9-10,14,16-17,20,25,32H,8H2,1-3H3,(H,29,31)(H,33,34)(H2,24,26,27)/t14-,16+,17-,20+/m0/s1. The van der Waals surface area contributed by atoms with Crippen LogP contribution in [0.3, 0.4) is 0 Å². The number of benzene rings is 1. The molecule has 37 heavy (non-hydrogen) atoms. The molecule has 3 aromatic rings. The first kappa shape index (κ1) is 25.8. The number of para-hydroxylation sites is 1. The van der Waals surface area contributed by atoms with Crippen LogP contribution in [-0.4, -0.2) is 78.0 Å². The molecule has 1 amide bonds. The Kier molecular flexibility index (Phi) is 6.96. The number of anilines is 2. The van der Waals surface area contributed by atoms with Crippen molar-refractivity contribution in [2.45, 2.75) is 50.8 Å². The number of nitrogens with zero attached hydrogens (tertiary/aromatic N) is 4. The summed E-state index contributed by atoms with van der Waals surface area (Å²) in [5.74, 6) is -2.48. The average molecular weight is 514 g/mol. The second-order valence-corrected chi connectivity index (χ2v) is 9.35. The van der Waals surface area contributed by atoms with Crippen LogP contribution in [-0.2, 0) is 19.1 Å². The first-order valence-electron chi connectivity index (χ1n) is 11.3. The largest absolute Gasteiger partial charge is 0.479 e. The van der Waals surface area contributed by atoms with E-state index in [1.165, 1.54) is 17.2 Å². The molecule has 4 rings (SSSR count). The van der Waals surface area contributed by atoms with Gasteiger partial charge in [-0.05, 0) is 32.9 Å². The summed E-state index contributed by atoms with van der Waals surface area (Å²) in [7, 11) is 0. The lowest BCUT2D eigenvalue weighted by Gasteiger charge is -2.22. The number of nitrogen functional groups attached to an aromatic ring is 1. The summed E-state index contributed by atoms with van der Waals surface area (Å²) in [6.07, 6.45) is -1.75. The van der Waals surface area contributed by atoms with Crippen molar-refractivity contribution in [2.24, 2.45) is 0 Å². The van der Waals surface area contributed by atoms with E-state index in [2.05, 4.69) is 25.6 Å². The van der Waals surface area contributed by atoms with E-state index in [9.17, 15) is 24.6 Å². The lowest BCUT2D eigenvalue weighted by molar-refractivity contribution is -0.152.